The maximum atomic E-state index is 13.6. The van der Waals surface area contributed by atoms with Gasteiger partial charge in [-0.3, -0.25) is 4.72 Å². The van der Waals surface area contributed by atoms with Crippen LogP contribution < -0.4 is 10.0 Å². The summed E-state index contributed by atoms with van der Waals surface area (Å²) in [5, 5.41) is 2.53. The molecule has 3 rings (SSSR count). The van der Waals surface area contributed by atoms with Gasteiger partial charge in [-0.15, -0.1) is 11.3 Å². The van der Waals surface area contributed by atoms with Gasteiger partial charge in [0.1, 0.15) is 27.3 Å². The quantitative estimate of drug-likeness (QED) is 0.692. The maximum absolute atomic E-state index is 13.6. The Morgan fingerprint density at radius 3 is 2.32 bits per heavy atom. The molecule has 0 aliphatic rings. The van der Waals surface area contributed by atoms with Crippen molar-refractivity contribution in [1.82, 2.24) is 4.98 Å². The van der Waals surface area contributed by atoms with Crippen molar-refractivity contribution >= 4 is 38.6 Å². The van der Waals surface area contributed by atoms with E-state index in [1.54, 1.807) is 6.07 Å². The van der Waals surface area contributed by atoms with Gasteiger partial charge in [-0.1, -0.05) is 6.07 Å². The molecule has 0 saturated carbocycles. The van der Waals surface area contributed by atoms with E-state index in [0.717, 1.165) is 28.3 Å². The van der Waals surface area contributed by atoms with E-state index in [4.69, 9.17) is 0 Å². The molecule has 2 heterocycles. The Kier molecular flexibility index (Phi) is 4.69. The van der Waals surface area contributed by atoms with Crippen molar-refractivity contribution in [2.45, 2.75) is 11.1 Å². The van der Waals surface area contributed by atoms with E-state index >= 15 is 0 Å². The molecular formula is C16H13F2N3O2S2. The van der Waals surface area contributed by atoms with Gasteiger partial charge in [-0.25, -0.2) is 22.2 Å². The first-order valence-corrected chi connectivity index (χ1v) is 9.41. The molecule has 3 aromatic rings. The molecule has 5 nitrogen and oxygen atoms in total. The first-order valence-electron chi connectivity index (χ1n) is 7.11. The molecule has 130 valence electrons. The van der Waals surface area contributed by atoms with Crippen LogP contribution in [0.2, 0.25) is 0 Å². The predicted octanol–water partition coefficient (Wildman–Crippen LogP) is 4.27. The van der Waals surface area contributed by atoms with Crippen LogP contribution in [0.4, 0.5) is 26.0 Å². The van der Waals surface area contributed by atoms with Gasteiger partial charge in [-0.2, -0.15) is 0 Å². The third-order valence-corrected chi connectivity index (χ3v) is 6.09. The summed E-state index contributed by atoms with van der Waals surface area (Å²) in [6.45, 7) is 1.81. The van der Waals surface area contributed by atoms with Crippen LogP contribution in [0.5, 0.6) is 0 Å². The molecule has 0 saturated heterocycles. The number of aromatic nitrogens is 1. The van der Waals surface area contributed by atoms with Gasteiger partial charge in [0.15, 0.2) is 0 Å². The summed E-state index contributed by atoms with van der Waals surface area (Å²) in [4.78, 5) is 4.85. The van der Waals surface area contributed by atoms with E-state index in [1.807, 2.05) is 6.92 Å². The number of rotatable bonds is 5. The topological polar surface area (TPSA) is 71.1 Å². The van der Waals surface area contributed by atoms with Gasteiger partial charge in [-0.05, 0) is 43.3 Å². The maximum Gasteiger partial charge on any atom is 0.271 e. The summed E-state index contributed by atoms with van der Waals surface area (Å²) >= 11 is 1.16. The van der Waals surface area contributed by atoms with Crippen molar-refractivity contribution < 1.29 is 17.2 Å². The fraction of sp³-hybridized carbons (Fsp3) is 0.0625. The molecule has 0 unspecified atom stereocenters. The molecule has 0 aliphatic carbocycles. The lowest BCUT2D eigenvalue weighted by Crippen LogP contribution is -2.11. The van der Waals surface area contributed by atoms with Crippen molar-refractivity contribution in [2.75, 3.05) is 10.0 Å². The van der Waals surface area contributed by atoms with E-state index in [-0.39, 0.29) is 21.4 Å². The highest BCUT2D eigenvalue weighted by atomic mass is 32.2. The summed E-state index contributed by atoms with van der Waals surface area (Å²) in [6, 6.07) is 9.61. The minimum absolute atomic E-state index is 0.180. The SMILES string of the molecule is Cc1ccc(S(=O)(=O)Nc2ccc(Nc3c(F)cccc3F)nc2)s1. The Labute approximate surface area is 147 Å². The van der Waals surface area contributed by atoms with Crippen molar-refractivity contribution in [1.29, 1.82) is 0 Å². The van der Waals surface area contributed by atoms with E-state index in [9.17, 15) is 17.2 Å². The Balaban J connectivity index is 1.77. The number of benzene rings is 1. The molecule has 0 aliphatic heterocycles. The minimum Gasteiger partial charge on any atom is -0.335 e. The highest BCUT2D eigenvalue weighted by Gasteiger charge is 2.16. The van der Waals surface area contributed by atoms with Crippen molar-refractivity contribution in [3.63, 3.8) is 0 Å². The van der Waals surface area contributed by atoms with Gasteiger partial charge in [0.25, 0.3) is 10.0 Å². The summed E-state index contributed by atoms with van der Waals surface area (Å²) in [6.07, 6.45) is 1.26. The van der Waals surface area contributed by atoms with E-state index in [1.165, 1.54) is 30.5 Å². The monoisotopic (exact) mass is 381 g/mol. The number of para-hydroxylation sites is 1. The average Bonchev–Trinajstić information content (AvgIpc) is 3.00. The lowest BCUT2D eigenvalue weighted by molar-refractivity contribution is 0.590. The molecule has 9 heteroatoms. The standard InChI is InChI=1S/C16H13F2N3O2S2/c1-10-5-8-15(24-10)25(22,23)21-11-6-7-14(19-9-11)20-16-12(17)3-2-4-13(16)18/h2-9,21H,1H3,(H,19,20). The van der Waals surface area contributed by atoms with Crippen LogP contribution in [-0.2, 0) is 10.0 Å². The molecule has 0 spiro atoms. The summed E-state index contributed by atoms with van der Waals surface area (Å²) in [5.41, 5.74) is -0.0806. The molecule has 25 heavy (non-hydrogen) atoms. The molecule has 0 amide bonds. The fourth-order valence-electron chi connectivity index (χ4n) is 2.04. The van der Waals surface area contributed by atoms with Crippen LogP contribution in [0.3, 0.4) is 0 Å². The lowest BCUT2D eigenvalue weighted by Gasteiger charge is -2.09. The smallest absolute Gasteiger partial charge is 0.271 e. The summed E-state index contributed by atoms with van der Waals surface area (Å²) < 4.78 is 54.3. The van der Waals surface area contributed by atoms with Crippen LogP contribution >= 0.6 is 11.3 Å². The zero-order valence-corrected chi connectivity index (χ0v) is 14.6. The Bertz CT molecular complexity index is 982. The molecule has 2 N–H and O–H groups in total. The van der Waals surface area contributed by atoms with Gasteiger partial charge in [0.2, 0.25) is 0 Å². The highest BCUT2D eigenvalue weighted by molar-refractivity contribution is 7.94. The van der Waals surface area contributed by atoms with Crippen molar-refractivity contribution in [3.05, 3.63) is 65.2 Å². The average molecular weight is 381 g/mol. The van der Waals surface area contributed by atoms with Gasteiger partial charge in [0.05, 0.1) is 11.9 Å². The molecule has 2 aromatic heterocycles. The zero-order valence-electron chi connectivity index (χ0n) is 13.0. The van der Waals surface area contributed by atoms with Crippen LogP contribution in [0.25, 0.3) is 0 Å². The van der Waals surface area contributed by atoms with Gasteiger partial charge >= 0.3 is 0 Å². The van der Waals surface area contributed by atoms with E-state index in [2.05, 4.69) is 15.0 Å². The van der Waals surface area contributed by atoms with E-state index < -0.39 is 21.7 Å². The van der Waals surface area contributed by atoms with Crippen LogP contribution in [-0.4, -0.2) is 13.4 Å². The largest absolute Gasteiger partial charge is 0.335 e. The number of sulfonamides is 1. The van der Waals surface area contributed by atoms with Crippen molar-refractivity contribution in [3.8, 4) is 0 Å². The number of halogens is 2. The fourth-order valence-corrected chi connectivity index (χ4v) is 4.36. The summed E-state index contributed by atoms with van der Waals surface area (Å²) in [7, 11) is -3.69. The molecule has 0 radical (unpaired) electrons. The second-order valence-electron chi connectivity index (χ2n) is 5.12. The minimum atomic E-state index is -3.69. The first kappa shape index (κ1) is 17.3. The third-order valence-electron chi connectivity index (χ3n) is 3.21. The van der Waals surface area contributed by atoms with Crippen LogP contribution in [0, 0.1) is 18.6 Å². The van der Waals surface area contributed by atoms with Crippen LogP contribution in [0.15, 0.2) is 52.9 Å². The molecule has 0 atom stereocenters. The number of pyridine rings is 1. The second-order valence-corrected chi connectivity index (χ2v) is 8.32. The predicted molar refractivity (Wildman–Crippen MR) is 93.7 cm³/mol. The Morgan fingerprint density at radius 1 is 1.04 bits per heavy atom. The van der Waals surface area contributed by atoms with Crippen molar-refractivity contribution in [2.24, 2.45) is 0 Å². The number of hydrogen-bond donors (Lipinski definition) is 2. The number of nitrogens with one attached hydrogen (secondary N) is 2. The molecular weight excluding hydrogens is 368 g/mol. The molecule has 1 aromatic carbocycles. The number of hydrogen-bond acceptors (Lipinski definition) is 5. The Hall–Kier alpha value is -2.52. The van der Waals surface area contributed by atoms with E-state index in [0.29, 0.717) is 0 Å². The number of anilines is 3. The second kappa shape index (κ2) is 6.77. The third kappa shape index (κ3) is 3.94. The summed E-state index contributed by atoms with van der Waals surface area (Å²) in [5.74, 6) is -1.32. The van der Waals surface area contributed by atoms with Crippen LogP contribution in [0.1, 0.15) is 4.88 Å². The van der Waals surface area contributed by atoms with Gasteiger partial charge in [0, 0.05) is 4.88 Å². The Morgan fingerprint density at radius 2 is 1.76 bits per heavy atom. The molecule has 0 fully saturated rings. The zero-order chi connectivity index (χ0) is 18.0. The van der Waals surface area contributed by atoms with Gasteiger partial charge < -0.3 is 5.32 Å². The first-order chi connectivity index (χ1) is 11.8. The normalized spacial score (nSPS) is 11.3. The number of aryl methyl sites for hydroxylation is 1. The lowest BCUT2D eigenvalue weighted by atomic mass is 10.3. The molecule has 0 bridgehead atoms. The number of nitrogens with zero attached hydrogens (tertiary/aromatic N) is 1. The number of thiophene rings is 1. The highest BCUT2D eigenvalue weighted by Crippen LogP contribution is 2.25.